The standard InChI is InChI=1S/C19H21NO3S2/c1-13(2)11-23-19(22)15-12-25-18(14-7-4-3-5-8-14)20(15)17(21)16-9-6-10-24-16/h3-10,13,15,18H,11-12H2,1-2H3/t15-,18-/m0/s1. The summed E-state index contributed by atoms with van der Waals surface area (Å²) in [6, 6.07) is 12.9. The average Bonchev–Trinajstić information content (AvgIpc) is 3.29. The number of carbonyl (C=O) groups is 2. The Balaban J connectivity index is 1.87. The number of hydrogen-bond acceptors (Lipinski definition) is 5. The monoisotopic (exact) mass is 375 g/mol. The molecule has 0 saturated carbocycles. The van der Waals surface area contributed by atoms with Gasteiger partial charge in [-0.2, -0.15) is 0 Å². The van der Waals surface area contributed by atoms with Crippen molar-refractivity contribution in [2.24, 2.45) is 5.92 Å². The minimum atomic E-state index is -0.552. The molecule has 0 radical (unpaired) electrons. The quantitative estimate of drug-likeness (QED) is 0.735. The molecule has 1 amide bonds. The van der Waals surface area contributed by atoms with Gasteiger partial charge in [0.2, 0.25) is 0 Å². The smallest absolute Gasteiger partial charge is 0.329 e. The molecule has 6 heteroatoms. The van der Waals surface area contributed by atoms with Crippen molar-refractivity contribution in [1.29, 1.82) is 0 Å². The van der Waals surface area contributed by atoms with Crippen molar-refractivity contribution in [2.75, 3.05) is 12.4 Å². The predicted octanol–water partition coefficient (Wildman–Crippen LogP) is 4.20. The summed E-state index contributed by atoms with van der Waals surface area (Å²) in [5.41, 5.74) is 1.02. The maximum atomic E-state index is 13.1. The fraction of sp³-hybridized carbons (Fsp3) is 0.368. The maximum Gasteiger partial charge on any atom is 0.329 e. The van der Waals surface area contributed by atoms with E-state index in [0.717, 1.165) is 5.56 Å². The van der Waals surface area contributed by atoms with Crippen LogP contribution in [0.1, 0.15) is 34.5 Å². The van der Waals surface area contributed by atoms with Gasteiger partial charge in [0.05, 0.1) is 11.5 Å². The first-order valence-corrected chi connectivity index (χ1v) is 10.2. The first-order chi connectivity index (χ1) is 12.1. The number of esters is 1. The van der Waals surface area contributed by atoms with Gasteiger partial charge in [0.1, 0.15) is 11.4 Å². The van der Waals surface area contributed by atoms with Crippen molar-refractivity contribution in [3.8, 4) is 0 Å². The second-order valence-electron chi connectivity index (χ2n) is 6.33. The summed E-state index contributed by atoms with van der Waals surface area (Å²) in [5.74, 6) is 0.391. The summed E-state index contributed by atoms with van der Waals surface area (Å²) in [7, 11) is 0. The first kappa shape index (κ1) is 18.0. The number of nitrogens with zero attached hydrogens (tertiary/aromatic N) is 1. The first-order valence-electron chi connectivity index (χ1n) is 8.27. The molecule has 0 bridgehead atoms. The summed E-state index contributed by atoms with van der Waals surface area (Å²) < 4.78 is 5.43. The van der Waals surface area contributed by atoms with Gasteiger partial charge in [-0.1, -0.05) is 50.2 Å². The number of ether oxygens (including phenoxy) is 1. The Bertz CT molecular complexity index is 716. The molecule has 1 aromatic heterocycles. The van der Waals surface area contributed by atoms with Crippen LogP contribution in [-0.4, -0.2) is 35.2 Å². The largest absolute Gasteiger partial charge is 0.464 e. The van der Waals surface area contributed by atoms with Crippen molar-refractivity contribution in [3.63, 3.8) is 0 Å². The highest BCUT2D eigenvalue weighted by molar-refractivity contribution is 7.99. The molecule has 132 valence electrons. The Labute approximate surface area is 156 Å². The molecule has 2 atom stereocenters. The molecule has 2 aromatic rings. The third-order valence-corrected chi connectivity index (χ3v) is 6.06. The van der Waals surface area contributed by atoms with Crippen LogP contribution in [0.2, 0.25) is 0 Å². The van der Waals surface area contributed by atoms with Crippen molar-refractivity contribution in [3.05, 3.63) is 58.3 Å². The normalized spacial score (nSPS) is 20.0. The number of amides is 1. The number of thioether (sulfide) groups is 1. The molecule has 0 unspecified atom stereocenters. The fourth-order valence-electron chi connectivity index (χ4n) is 2.68. The molecule has 0 aliphatic carbocycles. The summed E-state index contributed by atoms with van der Waals surface area (Å²) in [6.45, 7) is 4.37. The third kappa shape index (κ3) is 4.07. The number of rotatable bonds is 5. The van der Waals surface area contributed by atoms with Crippen LogP contribution < -0.4 is 0 Å². The topological polar surface area (TPSA) is 46.6 Å². The fourth-order valence-corrected chi connectivity index (χ4v) is 4.76. The molecule has 25 heavy (non-hydrogen) atoms. The van der Waals surface area contributed by atoms with E-state index in [9.17, 15) is 9.59 Å². The lowest BCUT2D eigenvalue weighted by Crippen LogP contribution is -2.43. The Kier molecular flexibility index (Phi) is 5.81. The van der Waals surface area contributed by atoms with E-state index in [2.05, 4.69) is 0 Å². The lowest BCUT2D eigenvalue weighted by Gasteiger charge is -2.28. The van der Waals surface area contributed by atoms with Gasteiger partial charge >= 0.3 is 5.97 Å². The number of thiophene rings is 1. The van der Waals surface area contributed by atoms with Gasteiger partial charge < -0.3 is 9.64 Å². The van der Waals surface area contributed by atoms with Crippen molar-refractivity contribution in [1.82, 2.24) is 4.90 Å². The number of carbonyl (C=O) groups excluding carboxylic acids is 2. The van der Waals surface area contributed by atoms with Crippen molar-refractivity contribution < 1.29 is 14.3 Å². The summed E-state index contributed by atoms with van der Waals surface area (Å²) in [5, 5.41) is 1.70. The number of hydrogen-bond donors (Lipinski definition) is 0. The SMILES string of the molecule is CC(C)COC(=O)[C@@H]1CS[C@@H](c2ccccc2)N1C(=O)c1cccs1. The Morgan fingerprint density at radius 2 is 1.96 bits per heavy atom. The van der Waals surface area contributed by atoms with E-state index in [1.54, 1.807) is 22.7 Å². The van der Waals surface area contributed by atoms with Gasteiger partial charge in [-0.05, 0) is 22.9 Å². The zero-order valence-corrected chi connectivity index (χ0v) is 15.9. The van der Waals surface area contributed by atoms with Crippen LogP contribution in [-0.2, 0) is 9.53 Å². The molecule has 1 aromatic carbocycles. The Morgan fingerprint density at radius 3 is 2.60 bits per heavy atom. The van der Waals surface area contributed by atoms with Crippen LogP contribution >= 0.6 is 23.1 Å². The van der Waals surface area contributed by atoms with Crippen LogP contribution in [0.25, 0.3) is 0 Å². The zero-order chi connectivity index (χ0) is 17.8. The molecular formula is C19H21NO3S2. The molecule has 1 saturated heterocycles. The molecule has 1 fully saturated rings. The molecular weight excluding hydrogens is 354 g/mol. The highest BCUT2D eigenvalue weighted by Gasteiger charge is 2.43. The predicted molar refractivity (Wildman–Crippen MR) is 102 cm³/mol. The van der Waals surface area contributed by atoms with E-state index in [0.29, 0.717) is 17.2 Å². The summed E-state index contributed by atoms with van der Waals surface area (Å²) in [6.07, 6.45) is 0. The van der Waals surface area contributed by atoms with Crippen LogP contribution in [0.4, 0.5) is 0 Å². The molecule has 0 spiro atoms. The average molecular weight is 376 g/mol. The van der Waals surface area contributed by atoms with E-state index in [-0.39, 0.29) is 23.2 Å². The lowest BCUT2D eigenvalue weighted by atomic mass is 10.1. The van der Waals surface area contributed by atoms with E-state index >= 15 is 0 Å². The van der Waals surface area contributed by atoms with Crippen molar-refractivity contribution in [2.45, 2.75) is 25.3 Å². The van der Waals surface area contributed by atoms with Gasteiger partial charge in [-0.3, -0.25) is 4.79 Å². The van der Waals surface area contributed by atoms with Crippen LogP contribution in [0, 0.1) is 5.92 Å². The minimum absolute atomic E-state index is 0.111. The molecule has 4 nitrogen and oxygen atoms in total. The van der Waals surface area contributed by atoms with Gasteiger partial charge in [-0.25, -0.2) is 4.79 Å². The van der Waals surface area contributed by atoms with Crippen LogP contribution in [0.15, 0.2) is 47.8 Å². The molecule has 1 aliphatic rings. The lowest BCUT2D eigenvalue weighted by molar-refractivity contribution is -0.149. The molecule has 3 rings (SSSR count). The Morgan fingerprint density at radius 1 is 1.20 bits per heavy atom. The van der Waals surface area contributed by atoms with Gasteiger partial charge in [0, 0.05) is 5.75 Å². The van der Waals surface area contributed by atoms with Crippen molar-refractivity contribution >= 4 is 35.0 Å². The highest BCUT2D eigenvalue weighted by Crippen LogP contribution is 2.42. The van der Waals surface area contributed by atoms with E-state index < -0.39 is 6.04 Å². The second-order valence-corrected chi connectivity index (χ2v) is 8.39. The third-order valence-electron chi connectivity index (χ3n) is 3.88. The maximum absolute atomic E-state index is 13.1. The van der Waals surface area contributed by atoms with Crippen LogP contribution in [0.3, 0.4) is 0 Å². The van der Waals surface area contributed by atoms with E-state index in [1.165, 1.54) is 11.3 Å². The van der Waals surface area contributed by atoms with Crippen LogP contribution in [0.5, 0.6) is 0 Å². The highest BCUT2D eigenvalue weighted by atomic mass is 32.2. The minimum Gasteiger partial charge on any atom is -0.464 e. The van der Waals surface area contributed by atoms with E-state index in [4.69, 9.17) is 4.74 Å². The zero-order valence-electron chi connectivity index (χ0n) is 14.3. The second kappa shape index (κ2) is 8.06. The van der Waals surface area contributed by atoms with Gasteiger partial charge in [0.25, 0.3) is 5.91 Å². The summed E-state index contributed by atoms with van der Waals surface area (Å²) in [4.78, 5) is 28.0. The van der Waals surface area contributed by atoms with E-state index in [1.807, 2.05) is 55.6 Å². The van der Waals surface area contributed by atoms with Gasteiger partial charge in [0.15, 0.2) is 0 Å². The molecule has 2 heterocycles. The van der Waals surface area contributed by atoms with Gasteiger partial charge in [-0.15, -0.1) is 23.1 Å². The summed E-state index contributed by atoms with van der Waals surface area (Å²) >= 11 is 3.00. The molecule has 0 N–H and O–H groups in total. The Hall–Kier alpha value is -1.79. The number of benzene rings is 1. The molecule has 1 aliphatic heterocycles.